The zero-order valence-corrected chi connectivity index (χ0v) is 17.4. The van der Waals surface area contributed by atoms with Crippen LogP contribution in [-0.4, -0.2) is 37.9 Å². The molecule has 0 amide bonds. The lowest BCUT2D eigenvalue weighted by Crippen LogP contribution is -2.09. The molecule has 28 heavy (non-hydrogen) atoms. The van der Waals surface area contributed by atoms with Gasteiger partial charge in [-0.15, -0.1) is 0 Å². The first kappa shape index (κ1) is 22.8. The molecule has 2 aromatic carbocycles. The number of benzene rings is 2. The van der Waals surface area contributed by atoms with E-state index in [4.69, 9.17) is 23.6 Å². The van der Waals surface area contributed by atoms with Gasteiger partial charge in [-0.1, -0.05) is 54.4 Å². The normalized spacial score (nSPS) is 13.5. The van der Waals surface area contributed by atoms with E-state index in [0.717, 1.165) is 35.6 Å². The Morgan fingerprint density at radius 2 is 1.71 bits per heavy atom. The van der Waals surface area contributed by atoms with Crippen LogP contribution in [0.2, 0.25) is 0 Å². The van der Waals surface area contributed by atoms with Crippen molar-refractivity contribution in [3.8, 4) is 5.75 Å². The zero-order chi connectivity index (χ0) is 20.2. The van der Waals surface area contributed by atoms with E-state index in [1.54, 1.807) is 0 Å². The van der Waals surface area contributed by atoms with E-state index in [9.17, 15) is 9.46 Å². The van der Waals surface area contributed by atoms with E-state index in [1.165, 1.54) is 0 Å². The second kappa shape index (κ2) is 12.2. The second-order valence-corrected chi connectivity index (χ2v) is 7.49. The van der Waals surface area contributed by atoms with Crippen molar-refractivity contribution in [1.82, 2.24) is 0 Å². The molecule has 0 fully saturated rings. The minimum absolute atomic E-state index is 0.0957. The molecule has 0 heterocycles. The van der Waals surface area contributed by atoms with Gasteiger partial charge in [0.1, 0.15) is 0 Å². The predicted molar refractivity (Wildman–Crippen MR) is 107 cm³/mol. The van der Waals surface area contributed by atoms with Crippen molar-refractivity contribution in [1.29, 1.82) is 0 Å². The smallest absolute Gasteiger partial charge is 0.379 e. The Kier molecular flexibility index (Phi) is 9.92. The average molecular weight is 412 g/mol. The Balaban J connectivity index is 1.94. The summed E-state index contributed by atoms with van der Waals surface area (Å²) < 4.78 is 32.1. The predicted octanol–water partition coefficient (Wildman–Crippen LogP) is 4.66. The Labute approximate surface area is 166 Å². The fourth-order valence-electron chi connectivity index (χ4n) is 2.63. The molecule has 7 nitrogen and oxygen atoms in total. The quantitative estimate of drug-likeness (QED) is 0.209. The minimum atomic E-state index is -4.38. The van der Waals surface area contributed by atoms with Crippen molar-refractivity contribution in [3.05, 3.63) is 42.0 Å². The molecule has 0 saturated heterocycles. The first-order valence-corrected chi connectivity index (χ1v) is 11.1. The van der Waals surface area contributed by atoms with Crippen LogP contribution in [-0.2, 0) is 29.7 Å². The maximum atomic E-state index is 12.1. The SMILES string of the molecule is CCCCc1ccc2ccccc2c1OOP(=O)(O)OCCOCCOCC. The molecule has 2 aromatic rings. The van der Waals surface area contributed by atoms with E-state index in [0.29, 0.717) is 25.6 Å². The number of phosphoric acid groups is 1. The Morgan fingerprint density at radius 1 is 0.964 bits per heavy atom. The fraction of sp³-hybridized carbons (Fsp3) is 0.500. The van der Waals surface area contributed by atoms with E-state index < -0.39 is 7.82 Å². The number of rotatable bonds is 14. The summed E-state index contributed by atoms with van der Waals surface area (Å²) in [5.41, 5.74) is 0.916. The number of fused-ring (bicyclic) bond motifs is 1. The summed E-state index contributed by atoms with van der Waals surface area (Å²) in [4.78, 5) is 15.2. The van der Waals surface area contributed by atoms with Crippen molar-refractivity contribution < 1.29 is 33.0 Å². The van der Waals surface area contributed by atoms with Crippen molar-refractivity contribution in [2.75, 3.05) is 33.0 Å². The molecule has 0 saturated carbocycles. The molecule has 1 unspecified atom stereocenters. The molecule has 1 atom stereocenters. The molecule has 0 aliphatic carbocycles. The minimum Gasteiger partial charge on any atom is -0.379 e. The molecular weight excluding hydrogens is 383 g/mol. The summed E-state index contributed by atoms with van der Waals surface area (Å²) in [6.07, 6.45) is 2.78. The van der Waals surface area contributed by atoms with Gasteiger partial charge in [0.25, 0.3) is 0 Å². The molecular formula is C20H29O7P. The van der Waals surface area contributed by atoms with Crippen LogP contribution in [0.4, 0.5) is 0 Å². The second-order valence-electron chi connectivity index (χ2n) is 6.15. The Morgan fingerprint density at radius 3 is 2.50 bits per heavy atom. The summed E-state index contributed by atoms with van der Waals surface area (Å²) >= 11 is 0. The topological polar surface area (TPSA) is 83.5 Å². The summed E-state index contributed by atoms with van der Waals surface area (Å²) in [7, 11) is -4.38. The van der Waals surface area contributed by atoms with E-state index in [2.05, 4.69) is 6.92 Å². The lowest BCUT2D eigenvalue weighted by atomic mass is 10.0. The van der Waals surface area contributed by atoms with Crippen LogP contribution in [0.15, 0.2) is 36.4 Å². The zero-order valence-electron chi connectivity index (χ0n) is 16.5. The summed E-state index contributed by atoms with van der Waals surface area (Å²) in [5.74, 6) is 0.442. The number of aryl methyl sites for hydroxylation is 1. The molecule has 0 bridgehead atoms. The van der Waals surface area contributed by atoms with Crippen LogP contribution in [0.1, 0.15) is 32.3 Å². The number of hydrogen-bond donors (Lipinski definition) is 1. The lowest BCUT2D eigenvalue weighted by Gasteiger charge is -2.15. The average Bonchev–Trinajstić information content (AvgIpc) is 2.70. The standard InChI is InChI=1S/C20H29O7P/c1-3-5-8-18-12-11-17-9-6-7-10-19(17)20(18)26-27-28(21,22)25-16-15-24-14-13-23-4-2/h6-7,9-12H,3-5,8,13-16H2,1-2H3,(H,21,22). The molecule has 156 valence electrons. The largest absolute Gasteiger partial charge is 0.508 e. The third-order valence-electron chi connectivity index (χ3n) is 4.03. The molecule has 1 N–H and O–H groups in total. The summed E-state index contributed by atoms with van der Waals surface area (Å²) in [5, 5.41) is 1.77. The van der Waals surface area contributed by atoms with Crippen molar-refractivity contribution in [3.63, 3.8) is 0 Å². The van der Waals surface area contributed by atoms with Gasteiger partial charge in [-0.2, -0.15) is 0 Å². The maximum absolute atomic E-state index is 12.1. The maximum Gasteiger partial charge on any atom is 0.508 e. The van der Waals surface area contributed by atoms with Crippen molar-refractivity contribution >= 4 is 18.6 Å². The molecule has 8 heteroatoms. The highest BCUT2D eigenvalue weighted by Crippen LogP contribution is 2.44. The third-order valence-corrected chi connectivity index (χ3v) is 4.81. The van der Waals surface area contributed by atoms with E-state index >= 15 is 0 Å². The monoisotopic (exact) mass is 412 g/mol. The van der Waals surface area contributed by atoms with Crippen molar-refractivity contribution in [2.24, 2.45) is 0 Å². The van der Waals surface area contributed by atoms with Gasteiger partial charge in [0.05, 0.1) is 26.4 Å². The number of phosphoric ester groups is 1. The fourth-order valence-corrected chi connectivity index (χ4v) is 3.15. The highest BCUT2D eigenvalue weighted by molar-refractivity contribution is 7.47. The Bertz CT molecular complexity index is 765. The molecule has 0 radical (unpaired) electrons. The molecule has 0 aliphatic rings. The molecule has 0 aromatic heterocycles. The number of ether oxygens (including phenoxy) is 2. The van der Waals surface area contributed by atoms with Crippen LogP contribution in [0.25, 0.3) is 10.8 Å². The first-order valence-electron chi connectivity index (χ1n) is 9.57. The summed E-state index contributed by atoms with van der Waals surface area (Å²) in [6, 6.07) is 11.6. The molecule has 0 aliphatic heterocycles. The van der Waals surface area contributed by atoms with Crippen LogP contribution in [0, 0.1) is 0 Å². The number of hydrogen-bond acceptors (Lipinski definition) is 6. The van der Waals surface area contributed by atoms with Gasteiger partial charge in [0.15, 0.2) is 5.75 Å². The van der Waals surface area contributed by atoms with Gasteiger partial charge in [-0.25, -0.2) is 4.57 Å². The van der Waals surface area contributed by atoms with Crippen LogP contribution in [0.5, 0.6) is 5.75 Å². The van der Waals surface area contributed by atoms with Crippen molar-refractivity contribution in [2.45, 2.75) is 33.1 Å². The molecule has 0 spiro atoms. The van der Waals surface area contributed by atoms with E-state index in [-0.39, 0.29) is 13.2 Å². The lowest BCUT2D eigenvalue weighted by molar-refractivity contribution is -0.128. The van der Waals surface area contributed by atoms with Crippen LogP contribution in [0.3, 0.4) is 0 Å². The van der Waals surface area contributed by atoms with Crippen LogP contribution >= 0.6 is 7.82 Å². The highest BCUT2D eigenvalue weighted by Gasteiger charge is 2.25. The van der Waals surface area contributed by atoms with Gasteiger partial charge in [-0.05, 0) is 30.7 Å². The van der Waals surface area contributed by atoms with Gasteiger partial charge in [-0.3, -0.25) is 4.52 Å². The molecule has 2 rings (SSSR count). The summed E-state index contributed by atoms with van der Waals surface area (Å²) in [6.45, 7) is 5.52. The van der Waals surface area contributed by atoms with Gasteiger partial charge < -0.3 is 19.3 Å². The highest BCUT2D eigenvalue weighted by atomic mass is 31.2. The first-order chi connectivity index (χ1) is 13.6. The van der Waals surface area contributed by atoms with Crippen LogP contribution < -0.4 is 4.89 Å². The third kappa shape index (κ3) is 7.51. The number of unbranched alkanes of at least 4 members (excludes halogenated alkanes) is 1. The van der Waals surface area contributed by atoms with Gasteiger partial charge in [0.2, 0.25) is 0 Å². The Hall–Kier alpha value is -1.47. The van der Waals surface area contributed by atoms with Gasteiger partial charge in [0, 0.05) is 12.0 Å². The van der Waals surface area contributed by atoms with Gasteiger partial charge >= 0.3 is 7.82 Å². The van der Waals surface area contributed by atoms with E-state index in [1.807, 2.05) is 43.3 Å².